The zero-order chi connectivity index (χ0) is 14.1. The van der Waals surface area contributed by atoms with Gasteiger partial charge in [0.15, 0.2) is 4.96 Å². The zero-order valence-electron chi connectivity index (χ0n) is 12.1. The summed E-state index contributed by atoms with van der Waals surface area (Å²) in [6.45, 7) is 8.11. The Morgan fingerprint density at radius 2 is 1.95 bits per heavy atom. The number of nitrogens with one attached hydrogen (secondary N) is 1. The maximum atomic E-state index is 4.62. The quantitative estimate of drug-likeness (QED) is 0.793. The van der Waals surface area contributed by atoms with E-state index in [4.69, 9.17) is 0 Å². The molecule has 3 nitrogen and oxygen atoms in total. The highest BCUT2D eigenvalue weighted by atomic mass is 32.1. The van der Waals surface area contributed by atoms with Crippen LogP contribution in [0.15, 0.2) is 29.6 Å². The van der Waals surface area contributed by atoms with Gasteiger partial charge in [0.1, 0.15) is 0 Å². The Hall–Kier alpha value is -1.65. The maximum Gasteiger partial charge on any atom is 0.194 e. The summed E-state index contributed by atoms with van der Waals surface area (Å²) in [6.07, 6.45) is 0. The standard InChI is InChI=1S/C16H19N3S/c1-11-6-4-5-7-14(11)8-17-9-15-13(3)18-16-19(15)12(2)10-20-16/h4-7,10,17H,8-9H2,1-3H3. The molecular weight excluding hydrogens is 266 g/mol. The molecule has 0 aliphatic carbocycles. The van der Waals surface area contributed by atoms with Gasteiger partial charge in [-0.2, -0.15) is 0 Å². The van der Waals surface area contributed by atoms with E-state index in [1.807, 2.05) is 0 Å². The lowest BCUT2D eigenvalue weighted by atomic mass is 10.1. The topological polar surface area (TPSA) is 29.3 Å². The van der Waals surface area contributed by atoms with Crippen LogP contribution in [-0.4, -0.2) is 9.38 Å². The number of nitrogens with zero attached hydrogens (tertiary/aromatic N) is 2. The van der Waals surface area contributed by atoms with Crippen LogP contribution in [0.1, 0.15) is 28.2 Å². The van der Waals surface area contributed by atoms with Crippen molar-refractivity contribution in [1.82, 2.24) is 14.7 Å². The lowest BCUT2D eigenvalue weighted by molar-refractivity contribution is 0.668. The molecule has 0 atom stereocenters. The lowest BCUT2D eigenvalue weighted by Gasteiger charge is -2.08. The van der Waals surface area contributed by atoms with Crippen LogP contribution in [0.2, 0.25) is 0 Å². The van der Waals surface area contributed by atoms with Crippen molar-refractivity contribution in [2.45, 2.75) is 33.9 Å². The largest absolute Gasteiger partial charge is 0.307 e. The van der Waals surface area contributed by atoms with Crippen LogP contribution < -0.4 is 5.32 Å². The zero-order valence-corrected chi connectivity index (χ0v) is 12.9. The molecule has 0 unspecified atom stereocenters. The highest BCUT2D eigenvalue weighted by Gasteiger charge is 2.11. The summed E-state index contributed by atoms with van der Waals surface area (Å²) in [6, 6.07) is 8.51. The minimum absolute atomic E-state index is 0.846. The van der Waals surface area contributed by atoms with Gasteiger partial charge in [0.2, 0.25) is 0 Å². The molecule has 20 heavy (non-hydrogen) atoms. The van der Waals surface area contributed by atoms with Crippen LogP contribution >= 0.6 is 11.3 Å². The molecule has 0 bridgehead atoms. The van der Waals surface area contributed by atoms with Crippen LogP contribution in [-0.2, 0) is 13.1 Å². The molecular formula is C16H19N3S. The number of hydrogen-bond donors (Lipinski definition) is 1. The van der Waals surface area contributed by atoms with Gasteiger partial charge >= 0.3 is 0 Å². The highest BCUT2D eigenvalue weighted by molar-refractivity contribution is 7.15. The molecule has 3 rings (SSSR count). The molecule has 104 valence electrons. The third-order valence-electron chi connectivity index (χ3n) is 3.70. The van der Waals surface area contributed by atoms with Gasteiger partial charge in [-0.25, -0.2) is 4.98 Å². The van der Waals surface area contributed by atoms with Crippen molar-refractivity contribution < 1.29 is 0 Å². The van der Waals surface area contributed by atoms with Crippen molar-refractivity contribution >= 4 is 16.3 Å². The predicted molar refractivity (Wildman–Crippen MR) is 84.3 cm³/mol. The van der Waals surface area contributed by atoms with Gasteiger partial charge in [-0.3, -0.25) is 4.40 Å². The molecule has 0 fully saturated rings. The fraction of sp³-hybridized carbons (Fsp3) is 0.312. The Morgan fingerprint density at radius 3 is 2.75 bits per heavy atom. The number of aryl methyl sites for hydroxylation is 3. The second kappa shape index (κ2) is 5.38. The van der Waals surface area contributed by atoms with Crippen molar-refractivity contribution in [1.29, 1.82) is 0 Å². The smallest absolute Gasteiger partial charge is 0.194 e. The molecule has 2 heterocycles. The van der Waals surface area contributed by atoms with E-state index in [0.29, 0.717) is 0 Å². The first-order valence-corrected chi connectivity index (χ1v) is 7.72. The SMILES string of the molecule is Cc1ccccc1CNCc1c(C)nc2scc(C)n12. The van der Waals surface area contributed by atoms with E-state index >= 15 is 0 Å². The van der Waals surface area contributed by atoms with E-state index in [1.54, 1.807) is 11.3 Å². The first-order chi connectivity index (χ1) is 9.66. The molecule has 2 aromatic heterocycles. The van der Waals surface area contributed by atoms with Gasteiger partial charge in [0.25, 0.3) is 0 Å². The molecule has 1 N–H and O–H groups in total. The Labute approximate surface area is 123 Å². The molecule has 1 aromatic carbocycles. The normalized spacial score (nSPS) is 11.3. The number of benzene rings is 1. The predicted octanol–water partition coefficient (Wildman–Crippen LogP) is 3.61. The summed E-state index contributed by atoms with van der Waals surface area (Å²) in [5, 5.41) is 5.70. The van der Waals surface area contributed by atoms with E-state index in [1.165, 1.54) is 22.5 Å². The minimum atomic E-state index is 0.846. The Balaban J connectivity index is 1.76. The summed E-state index contributed by atoms with van der Waals surface area (Å²) in [4.78, 5) is 5.71. The lowest BCUT2D eigenvalue weighted by Crippen LogP contribution is -2.15. The van der Waals surface area contributed by atoms with Crippen molar-refractivity contribution in [3.05, 3.63) is 57.9 Å². The molecule has 0 saturated carbocycles. The Bertz CT molecular complexity index is 739. The van der Waals surface area contributed by atoms with Gasteiger partial charge < -0.3 is 5.32 Å². The Kier molecular flexibility index (Phi) is 3.59. The second-order valence-corrected chi connectivity index (χ2v) is 6.01. The van der Waals surface area contributed by atoms with E-state index in [0.717, 1.165) is 23.7 Å². The van der Waals surface area contributed by atoms with E-state index in [-0.39, 0.29) is 0 Å². The number of aromatic nitrogens is 2. The molecule has 0 spiro atoms. The molecule has 0 aliphatic heterocycles. The van der Waals surface area contributed by atoms with Gasteiger partial charge in [-0.05, 0) is 31.9 Å². The van der Waals surface area contributed by atoms with Crippen LogP contribution in [0.25, 0.3) is 4.96 Å². The van der Waals surface area contributed by atoms with Gasteiger partial charge in [0, 0.05) is 24.2 Å². The number of rotatable bonds is 4. The molecule has 0 radical (unpaired) electrons. The molecule has 3 aromatic rings. The van der Waals surface area contributed by atoms with Crippen LogP contribution in [0.5, 0.6) is 0 Å². The average molecular weight is 285 g/mol. The fourth-order valence-corrected chi connectivity index (χ4v) is 3.43. The monoisotopic (exact) mass is 285 g/mol. The summed E-state index contributed by atoms with van der Waals surface area (Å²) >= 11 is 1.71. The van der Waals surface area contributed by atoms with Crippen LogP contribution in [0.3, 0.4) is 0 Å². The number of hydrogen-bond acceptors (Lipinski definition) is 3. The minimum Gasteiger partial charge on any atom is -0.307 e. The first kappa shape index (κ1) is 13.3. The first-order valence-electron chi connectivity index (χ1n) is 6.84. The summed E-state index contributed by atoms with van der Waals surface area (Å²) in [5.41, 5.74) is 6.35. The fourth-order valence-electron chi connectivity index (χ4n) is 2.50. The van der Waals surface area contributed by atoms with Crippen molar-refractivity contribution in [2.75, 3.05) is 0 Å². The summed E-state index contributed by atoms with van der Waals surface area (Å²) < 4.78 is 2.25. The van der Waals surface area contributed by atoms with Crippen molar-refractivity contribution in [3.8, 4) is 0 Å². The maximum absolute atomic E-state index is 4.62. The number of fused-ring (bicyclic) bond motifs is 1. The van der Waals surface area contributed by atoms with E-state index in [9.17, 15) is 0 Å². The summed E-state index contributed by atoms with van der Waals surface area (Å²) in [5.74, 6) is 0. The molecule has 0 amide bonds. The highest BCUT2D eigenvalue weighted by Crippen LogP contribution is 2.20. The van der Waals surface area contributed by atoms with E-state index in [2.05, 4.69) is 65.1 Å². The molecule has 0 saturated heterocycles. The van der Waals surface area contributed by atoms with E-state index < -0.39 is 0 Å². The number of imidazole rings is 1. The van der Waals surface area contributed by atoms with Gasteiger partial charge in [0.05, 0.1) is 11.4 Å². The second-order valence-electron chi connectivity index (χ2n) is 5.17. The van der Waals surface area contributed by atoms with Crippen LogP contribution in [0, 0.1) is 20.8 Å². The van der Waals surface area contributed by atoms with Crippen molar-refractivity contribution in [3.63, 3.8) is 0 Å². The van der Waals surface area contributed by atoms with Gasteiger partial charge in [-0.1, -0.05) is 24.3 Å². The molecule has 0 aliphatic rings. The van der Waals surface area contributed by atoms with Crippen molar-refractivity contribution in [2.24, 2.45) is 0 Å². The molecule has 4 heteroatoms. The van der Waals surface area contributed by atoms with Crippen LogP contribution in [0.4, 0.5) is 0 Å². The van der Waals surface area contributed by atoms with Gasteiger partial charge in [-0.15, -0.1) is 11.3 Å². The average Bonchev–Trinajstić information content (AvgIpc) is 2.93. The third-order valence-corrected chi connectivity index (χ3v) is 4.64. The third kappa shape index (κ3) is 2.37. The summed E-state index contributed by atoms with van der Waals surface area (Å²) in [7, 11) is 0. The Morgan fingerprint density at radius 1 is 1.15 bits per heavy atom. The number of thiazole rings is 1.